The van der Waals surface area contributed by atoms with Crippen LogP contribution in [0.4, 0.5) is 4.39 Å². The normalized spacial score (nSPS) is 39.7. The number of carbonyl (C=O) groups excluding carboxylic acids is 5. The molecular weight excluding hydrogens is 563 g/mol. The van der Waals surface area contributed by atoms with Crippen molar-refractivity contribution in [3.05, 3.63) is 23.8 Å². The van der Waals surface area contributed by atoms with Gasteiger partial charge in [0.1, 0.15) is 6.61 Å². The van der Waals surface area contributed by atoms with Gasteiger partial charge in [-0.25, -0.2) is 4.39 Å². The Kier molecular flexibility index (Phi) is 7.75. The number of Topliss-reactive ketones (excluding diaryl/α,β-unsaturated/α-hetero) is 2. The van der Waals surface area contributed by atoms with Crippen molar-refractivity contribution in [1.29, 1.82) is 0 Å². The minimum atomic E-state index is -4.09. The second kappa shape index (κ2) is 10.2. The number of aliphatic hydroxyl groups is 1. The molecule has 0 aromatic carbocycles. The molecule has 0 aliphatic heterocycles. The lowest BCUT2D eigenvalue weighted by Gasteiger charge is -2.62. The highest BCUT2D eigenvalue weighted by molar-refractivity contribution is 7.86. The van der Waals surface area contributed by atoms with E-state index in [0.29, 0.717) is 0 Å². The van der Waals surface area contributed by atoms with E-state index in [9.17, 15) is 37.5 Å². The maximum absolute atomic E-state index is 17.5. The molecule has 0 bridgehead atoms. The second-order valence-corrected chi connectivity index (χ2v) is 13.7. The smallest absolute Gasteiger partial charge is 0.307 e. The maximum Gasteiger partial charge on any atom is 0.307 e. The van der Waals surface area contributed by atoms with Crippen molar-refractivity contribution in [2.75, 3.05) is 20.0 Å². The molecule has 3 fully saturated rings. The Hall–Kier alpha value is -2.77. The lowest BCUT2D eigenvalue weighted by atomic mass is 9.44. The Morgan fingerprint density at radius 2 is 1.76 bits per heavy atom. The first-order valence-corrected chi connectivity index (χ1v) is 15.2. The monoisotopic (exact) mass is 598 g/mol. The molecule has 226 valence electrons. The zero-order chi connectivity index (χ0) is 30.8. The molecule has 1 N–H and O–H groups in total. The zero-order valence-corrected chi connectivity index (χ0v) is 24.4. The highest BCUT2D eigenvalue weighted by Crippen LogP contribution is 2.71. The SMILES string of the molecule is COC(=O)CCC(=O)O[C@]1(C(=O)COS(C)(=O)=O)[C@@H](C)C[C@H]2[C@@H]3CC(=O)C4=CC(=O)C=C[C@]4(C)[C@@]3(F)[C@@H](O)C[C@@]21C. The van der Waals surface area contributed by atoms with Crippen molar-refractivity contribution in [2.45, 2.75) is 70.2 Å². The number of ketones is 3. The summed E-state index contributed by atoms with van der Waals surface area (Å²) >= 11 is 0. The fourth-order valence-corrected chi connectivity index (χ4v) is 8.35. The van der Waals surface area contributed by atoms with Gasteiger partial charge in [-0.15, -0.1) is 0 Å². The Morgan fingerprint density at radius 3 is 2.37 bits per heavy atom. The number of hydrogen-bond acceptors (Lipinski definition) is 11. The van der Waals surface area contributed by atoms with Gasteiger partial charge in [-0.05, 0) is 37.8 Å². The molecule has 0 heterocycles. The fourth-order valence-electron chi connectivity index (χ4n) is 8.03. The van der Waals surface area contributed by atoms with Gasteiger partial charge in [-0.1, -0.05) is 19.9 Å². The molecule has 4 rings (SSSR count). The first kappa shape index (κ1) is 31.2. The van der Waals surface area contributed by atoms with Gasteiger partial charge in [0.2, 0.25) is 5.78 Å². The van der Waals surface area contributed by atoms with Gasteiger partial charge in [0.25, 0.3) is 10.1 Å². The molecule has 0 aromatic rings. The predicted molar refractivity (Wildman–Crippen MR) is 139 cm³/mol. The Labute approximate surface area is 237 Å². The molecule has 0 saturated heterocycles. The van der Waals surface area contributed by atoms with Crippen molar-refractivity contribution < 1.29 is 55.5 Å². The summed E-state index contributed by atoms with van der Waals surface area (Å²) < 4.78 is 56.2. The van der Waals surface area contributed by atoms with Crippen LogP contribution >= 0.6 is 0 Å². The van der Waals surface area contributed by atoms with E-state index in [2.05, 4.69) is 4.74 Å². The van der Waals surface area contributed by atoms with Crippen LogP contribution in [0, 0.1) is 28.6 Å². The summed E-state index contributed by atoms with van der Waals surface area (Å²) in [5.74, 6) is -6.21. The van der Waals surface area contributed by atoms with Gasteiger partial charge < -0.3 is 14.6 Å². The van der Waals surface area contributed by atoms with E-state index in [0.717, 1.165) is 25.5 Å². The first-order chi connectivity index (χ1) is 18.9. The average molecular weight is 599 g/mol. The van der Waals surface area contributed by atoms with Crippen molar-refractivity contribution in [2.24, 2.45) is 28.6 Å². The van der Waals surface area contributed by atoms with Crippen molar-refractivity contribution in [3.63, 3.8) is 0 Å². The minimum Gasteiger partial charge on any atom is -0.469 e. The van der Waals surface area contributed by atoms with E-state index >= 15 is 4.39 Å². The summed E-state index contributed by atoms with van der Waals surface area (Å²) in [6.07, 6.45) is 1.10. The number of allylic oxidation sites excluding steroid dienone is 4. The van der Waals surface area contributed by atoms with Gasteiger partial charge in [0.15, 0.2) is 22.8 Å². The summed E-state index contributed by atoms with van der Waals surface area (Å²) in [6, 6.07) is 0. The molecular formula is C28H35FO11S. The number of halogens is 1. The van der Waals surface area contributed by atoms with Crippen LogP contribution in [0.3, 0.4) is 0 Å². The van der Waals surface area contributed by atoms with Crippen molar-refractivity contribution in [1.82, 2.24) is 0 Å². The van der Waals surface area contributed by atoms with Crippen LogP contribution in [0.1, 0.15) is 52.9 Å². The summed E-state index contributed by atoms with van der Waals surface area (Å²) in [7, 11) is -2.94. The third-order valence-electron chi connectivity index (χ3n) is 9.88. The molecule has 11 nitrogen and oxygen atoms in total. The number of fused-ring (bicyclic) bond motifs is 5. The molecule has 0 radical (unpaired) electrons. The number of carbonyl (C=O) groups is 5. The summed E-state index contributed by atoms with van der Waals surface area (Å²) in [6.45, 7) is 3.64. The molecule has 4 aliphatic rings. The van der Waals surface area contributed by atoms with E-state index in [1.807, 2.05) is 0 Å². The number of aliphatic hydroxyl groups excluding tert-OH is 1. The standard InChI is InChI=1S/C28H35FO11S/c1-15-10-17-18-12-20(31)19-11-16(30)8-9-25(19,2)27(18,29)21(32)13-26(17,3)28(15,22(33)14-39-41(5,36)37)40-24(35)7-6-23(34)38-4/h8-9,11,15,17-18,21,32H,6-7,10,12-14H2,1-5H3/t15-,17-,18-,21-,25-,26-,27-,28-/m0/s1. The Bertz CT molecular complexity index is 1370. The van der Waals surface area contributed by atoms with E-state index in [1.165, 1.54) is 13.0 Å². The van der Waals surface area contributed by atoms with Crippen LogP contribution < -0.4 is 0 Å². The number of esters is 2. The average Bonchev–Trinajstić information content (AvgIpc) is 3.10. The number of methoxy groups -OCH3 is 1. The number of hydrogen-bond donors (Lipinski definition) is 1. The van der Waals surface area contributed by atoms with Crippen molar-refractivity contribution >= 4 is 39.4 Å². The van der Waals surface area contributed by atoms with Crippen LogP contribution in [0.5, 0.6) is 0 Å². The zero-order valence-electron chi connectivity index (χ0n) is 23.6. The lowest BCUT2D eigenvalue weighted by Crippen LogP contribution is -2.71. The maximum atomic E-state index is 17.5. The fraction of sp³-hybridized carbons (Fsp3) is 0.679. The van der Waals surface area contributed by atoms with Crippen LogP contribution in [0.2, 0.25) is 0 Å². The molecule has 3 saturated carbocycles. The van der Waals surface area contributed by atoms with Gasteiger partial charge in [0.05, 0.1) is 37.7 Å². The number of rotatable bonds is 8. The van der Waals surface area contributed by atoms with E-state index < -0.39 is 98.4 Å². The summed E-state index contributed by atoms with van der Waals surface area (Å²) in [5, 5.41) is 11.6. The molecule has 0 amide bonds. The predicted octanol–water partition coefficient (Wildman–Crippen LogP) is 1.56. The lowest BCUT2D eigenvalue weighted by molar-refractivity contribution is -0.227. The largest absolute Gasteiger partial charge is 0.469 e. The molecule has 8 atom stereocenters. The van der Waals surface area contributed by atoms with Crippen LogP contribution in [0.15, 0.2) is 23.8 Å². The van der Waals surface area contributed by atoms with Gasteiger partial charge >= 0.3 is 11.9 Å². The second-order valence-electron chi connectivity index (χ2n) is 12.1. The van der Waals surface area contributed by atoms with Gasteiger partial charge in [0, 0.05) is 29.2 Å². The molecule has 0 unspecified atom stereocenters. The van der Waals surface area contributed by atoms with Crippen molar-refractivity contribution in [3.8, 4) is 0 Å². The summed E-state index contributed by atoms with van der Waals surface area (Å²) in [4.78, 5) is 64.0. The number of alkyl halides is 1. The molecule has 13 heteroatoms. The van der Waals surface area contributed by atoms with E-state index in [4.69, 9.17) is 8.92 Å². The molecule has 0 aromatic heterocycles. The van der Waals surface area contributed by atoms with Crippen LogP contribution in [0.25, 0.3) is 0 Å². The topological polar surface area (TPSA) is 167 Å². The summed E-state index contributed by atoms with van der Waals surface area (Å²) in [5.41, 5.74) is -7.61. The molecule has 41 heavy (non-hydrogen) atoms. The Morgan fingerprint density at radius 1 is 1.12 bits per heavy atom. The quantitative estimate of drug-likeness (QED) is 0.318. The first-order valence-electron chi connectivity index (χ1n) is 13.4. The third kappa shape index (κ3) is 4.60. The highest BCUT2D eigenvalue weighted by Gasteiger charge is 2.78. The number of ether oxygens (including phenoxy) is 2. The van der Waals surface area contributed by atoms with Crippen LogP contribution in [-0.2, 0) is 47.7 Å². The highest BCUT2D eigenvalue weighted by atomic mass is 32.2. The van der Waals surface area contributed by atoms with E-state index in [-0.39, 0.29) is 31.3 Å². The van der Waals surface area contributed by atoms with Crippen LogP contribution in [-0.4, -0.2) is 80.2 Å². The Balaban J connectivity index is 1.81. The molecule has 4 aliphatic carbocycles. The van der Waals surface area contributed by atoms with E-state index in [1.54, 1.807) is 13.8 Å². The van der Waals surface area contributed by atoms with Gasteiger partial charge in [-0.2, -0.15) is 8.42 Å². The van der Waals surface area contributed by atoms with Gasteiger partial charge in [-0.3, -0.25) is 28.2 Å². The minimum absolute atomic E-state index is 0.0319. The third-order valence-corrected chi connectivity index (χ3v) is 10.4. The molecule has 0 spiro atoms.